The Morgan fingerprint density at radius 2 is 2.20 bits per heavy atom. The topological polar surface area (TPSA) is 67.8 Å². The molecule has 0 saturated heterocycles. The Morgan fingerprint density at radius 3 is 2.80 bits per heavy atom. The number of hydrogen-bond donors (Lipinski definition) is 2. The van der Waals surface area contributed by atoms with Gasteiger partial charge in [-0.3, -0.25) is 5.10 Å². The zero-order valence-corrected chi connectivity index (χ0v) is 9.00. The van der Waals surface area contributed by atoms with Crippen LogP contribution in [-0.4, -0.2) is 16.7 Å². The molecule has 0 aliphatic heterocycles. The molecule has 2 heterocycles. The highest BCUT2D eigenvalue weighted by molar-refractivity contribution is 5.58. The fraction of sp³-hybridized carbons (Fsp3) is 0.364. The summed E-state index contributed by atoms with van der Waals surface area (Å²) < 4.78 is 5.53. The van der Waals surface area contributed by atoms with Crippen molar-refractivity contribution in [3.05, 3.63) is 29.2 Å². The van der Waals surface area contributed by atoms with Crippen molar-refractivity contribution in [3.63, 3.8) is 0 Å². The predicted molar refractivity (Wildman–Crippen MR) is 58.5 cm³/mol. The van der Waals surface area contributed by atoms with Crippen LogP contribution in [0.4, 0.5) is 0 Å². The van der Waals surface area contributed by atoms with Crippen molar-refractivity contribution >= 4 is 0 Å². The Labute approximate surface area is 88.5 Å². The number of nitrogens with one attached hydrogen (secondary N) is 1. The highest BCUT2D eigenvalue weighted by Crippen LogP contribution is 2.24. The molecule has 4 heteroatoms. The lowest BCUT2D eigenvalue weighted by Crippen LogP contribution is -2.03. The molecular weight excluding hydrogens is 190 g/mol. The lowest BCUT2D eigenvalue weighted by molar-refractivity contribution is 0.546. The molecule has 80 valence electrons. The molecule has 0 aromatic carbocycles. The van der Waals surface area contributed by atoms with E-state index in [1.807, 2.05) is 26.0 Å². The van der Waals surface area contributed by atoms with Gasteiger partial charge in [-0.25, -0.2) is 0 Å². The number of aromatic amines is 1. The third kappa shape index (κ3) is 1.80. The second kappa shape index (κ2) is 3.90. The van der Waals surface area contributed by atoms with Crippen LogP contribution in [0.2, 0.25) is 0 Å². The van der Waals surface area contributed by atoms with Crippen molar-refractivity contribution in [1.29, 1.82) is 0 Å². The summed E-state index contributed by atoms with van der Waals surface area (Å²) in [6.07, 6.45) is 0.818. The van der Waals surface area contributed by atoms with Gasteiger partial charge in [-0.05, 0) is 32.5 Å². The highest BCUT2D eigenvalue weighted by Gasteiger charge is 2.12. The number of H-pyrrole nitrogens is 1. The fourth-order valence-electron chi connectivity index (χ4n) is 1.62. The van der Waals surface area contributed by atoms with Gasteiger partial charge in [-0.15, -0.1) is 0 Å². The Bertz CT molecular complexity index is 456. The number of hydrogen-bond acceptors (Lipinski definition) is 3. The van der Waals surface area contributed by atoms with Crippen molar-refractivity contribution in [2.24, 2.45) is 5.73 Å². The summed E-state index contributed by atoms with van der Waals surface area (Å²) in [7, 11) is 0. The van der Waals surface area contributed by atoms with E-state index in [1.54, 1.807) is 0 Å². The molecule has 0 radical (unpaired) electrons. The summed E-state index contributed by atoms with van der Waals surface area (Å²) in [6, 6.07) is 3.87. The molecule has 0 spiro atoms. The number of aromatic nitrogens is 2. The molecule has 2 aromatic heterocycles. The first kappa shape index (κ1) is 9.98. The van der Waals surface area contributed by atoms with E-state index in [-0.39, 0.29) is 0 Å². The third-order valence-corrected chi connectivity index (χ3v) is 2.48. The van der Waals surface area contributed by atoms with Gasteiger partial charge in [0, 0.05) is 17.7 Å². The minimum absolute atomic E-state index is 0.625. The first-order valence-corrected chi connectivity index (χ1v) is 5.03. The predicted octanol–water partition coefficient (Wildman–Crippen LogP) is 1.79. The summed E-state index contributed by atoms with van der Waals surface area (Å²) in [6.45, 7) is 4.58. The van der Waals surface area contributed by atoms with E-state index < -0.39 is 0 Å². The average Bonchev–Trinajstić information content (AvgIpc) is 2.76. The normalized spacial score (nSPS) is 10.9. The molecular formula is C11H15N3O. The van der Waals surface area contributed by atoms with Gasteiger partial charge in [-0.2, -0.15) is 5.10 Å². The van der Waals surface area contributed by atoms with Gasteiger partial charge < -0.3 is 10.2 Å². The number of nitrogens with zero attached hydrogens (tertiary/aromatic N) is 1. The molecule has 3 N–H and O–H groups in total. The van der Waals surface area contributed by atoms with Gasteiger partial charge in [0.15, 0.2) is 5.76 Å². The second-order valence-electron chi connectivity index (χ2n) is 3.62. The van der Waals surface area contributed by atoms with Crippen LogP contribution in [0.5, 0.6) is 0 Å². The molecule has 0 amide bonds. The standard InChI is InChI=1S/C11H15N3O/c1-7-3-4-10(15-7)11-8(2)9(5-6-12)13-14-11/h3-4H,5-6,12H2,1-2H3,(H,13,14). The van der Waals surface area contributed by atoms with E-state index in [0.717, 1.165) is 34.9 Å². The van der Waals surface area contributed by atoms with E-state index in [2.05, 4.69) is 10.2 Å². The van der Waals surface area contributed by atoms with E-state index >= 15 is 0 Å². The van der Waals surface area contributed by atoms with Crippen molar-refractivity contribution in [1.82, 2.24) is 10.2 Å². The summed E-state index contributed by atoms with van der Waals surface area (Å²) in [5.74, 6) is 1.71. The van der Waals surface area contributed by atoms with Crippen molar-refractivity contribution in [3.8, 4) is 11.5 Å². The molecule has 15 heavy (non-hydrogen) atoms. The minimum Gasteiger partial charge on any atom is -0.460 e. The Morgan fingerprint density at radius 1 is 1.40 bits per heavy atom. The summed E-state index contributed by atoms with van der Waals surface area (Å²) in [4.78, 5) is 0. The molecule has 2 aromatic rings. The lowest BCUT2D eigenvalue weighted by atomic mass is 10.1. The first-order chi connectivity index (χ1) is 7.22. The molecule has 0 saturated carbocycles. The third-order valence-electron chi connectivity index (χ3n) is 2.48. The average molecular weight is 205 g/mol. The summed E-state index contributed by atoms with van der Waals surface area (Å²) in [5.41, 5.74) is 8.60. The second-order valence-corrected chi connectivity index (χ2v) is 3.62. The first-order valence-electron chi connectivity index (χ1n) is 5.03. The maximum absolute atomic E-state index is 5.53. The van der Waals surface area contributed by atoms with Crippen LogP contribution in [0.3, 0.4) is 0 Å². The SMILES string of the molecule is Cc1ccc(-c2n[nH]c(CCN)c2C)o1. The minimum atomic E-state index is 0.625. The van der Waals surface area contributed by atoms with Gasteiger partial charge in [0.25, 0.3) is 0 Å². The molecule has 0 atom stereocenters. The lowest BCUT2D eigenvalue weighted by Gasteiger charge is -1.96. The number of rotatable bonds is 3. The van der Waals surface area contributed by atoms with Crippen LogP contribution in [0, 0.1) is 13.8 Å². The zero-order valence-electron chi connectivity index (χ0n) is 9.00. The molecule has 0 fully saturated rings. The van der Waals surface area contributed by atoms with E-state index in [1.165, 1.54) is 0 Å². The fourth-order valence-corrected chi connectivity index (χ4v) is 1.62. The maximum atomic E-state index is 5.53. The van der Waals surface area contributed by atoms with E-state index in [4.69, 9.17) is 10.2 Å². The summed E-state index contributed by atoms with van der Waals surface area (Å²) in [5, 5.41) is 7.24. The molecule has 0 aliphatic rings. The van der Waals surface area contributed by atoms with Crippen LogP contribution >= 0.6 is 0 Å². The van der Waals surface area contributed by atoms with Crippen molar-refractivity contribution in [2.45, 2.75) is 20.3 Å². The van der Waals surface area contributed by atoms with Gasteiger partial charge >= 0.3 is 0 Å². The smallest absolute Gasteiger partial charge is 0.154 e. The number of aryl methyl sites for hydroxylation is 1. The largest absolute Gasteiger partial charge is 0.460 e. The van der Waals surface area contributed by atoms with E-state index in [9.17, 15) is 0 Å². The Kier molecular flexibility index (Phi) is 2.60. The molecule has 0 unspecified atom stereocenters. The molecule has 2 rings (SSSR count). The van der Waals surface area contributed by atoms with Gasteiger partial charge in [0.1, 0.15) is 11.5 Å². The Hall–Kier alpha value is -1.55. The van der Waals surface area contributed by atoms with Gasteiger partial charge in [0.05, 0.1) is 0 Å². The summed E-state index contributed by atoms with van der Waals surface area (Å²) >= 11 is 0. The highest BCUT2D eigenvalue weighted by atomic mass is 16.3. The zero-order chi connectivity index (χ0) is 10.8. The molecule has 4 nitrogen and oxygen atoms in total. The van der Waals surface area contributed by atoms with E-state index in [0.29, 0.717) is 6.54 Å². The quantitative estimate of drug-likeness (QED) is 0.802. The van der Waals surface area contributed by atoms with Crippen molar-refractivity contribution in [2.75, 3.05) is 6.54 Å². The monoisotopic (exact) mass is 205 g/mol. The maximum Gasteiger partial charge on any atom is 0.154 e. The van der Waals surface area contributed by atoms with Crippen LogP contribution < -0.4 is 5.73 Å². The van der Waals surface area contributed by atoms with Crippen LogP contribution in [0.25, 0.3) is 11.5 Å². The molecule has 0 aliphatic carbocycles. The number of nitrogens with two attached hydrogens (primary N) is 1. The van der Waals surface area contributed by atoms with Crippen LogP contribution in [0.15, 0.2) is 16.5 Å². The Balaban J connectivity index is 2.37. The van der Waals surface area contributed by atoms with Gasteiger partial charge in [-0.1, -0.05) is 0 Å². The van der Waals surface area contributed by atoms with Gasteiger partial charge in [0.2, 0.25) is 0 Å². The number of furan rings is 1. The molecule has 0 bridgehead atoms. The van der Waals surface area contributed by atoms with Crippen LogP contribution in [-0.2, 0) is 6.42 Å². The van der Waals surface area contributed by atoms with Crippen molar-refractivity contribution < 1.29 is 4.42 Å². The van der Waals surface area contributed by atoms with Crippen LogP contribution in [0.1, 0.15) is 17.0 Å².